The molecule has 24 heavy (non-hydrogen) atoms. The van der Waals surface area contributed by atoms with E-state index < -0.39 is 0 Å². The molecule has 0 saturated heterocycles. The number of ether oxygens (including phenoxy) is 2. The summed E-state index contributed by atoms with van der Waals surface area (Å²) in [6.45, 7) is 2.49. The molecule has 0 aliphatic carbocycles. The fourth-order valence-electron chi connectivity index (χ4n) is 2.11. The van der Waals surface area contributed by atoms with Crippen molar-refractivity contribution >= 4 is 39.1 Å². The van der Waals surface area contributed by atoms with E-state index in [2.05, 4.69) is 21.2 Å². The molecule has 0 heterocycles. The molecule has 128 valence electrons. The average Bonchev–Trinajstić information content (AvgIpc) is 2.53. The highest BCUT2D eigenvalue weighted by Crippen LogP contribution is 2.27. The molecule has 1 N–H and O–H groups in total. The van der Waals surface area contributed by atoms with Crippen molar-refractivity contribution in [3.63, 3.8) is 0 Å². The highest BCUT2D eigenvalue weighted by Gasteiger charge is 2.07. The highest BCUT2D eigenvalue weighted by molar-refractivity contribution is 9.10. The van der Waals surface area contributed by atoms with Crippen LogP contribution >= 0.6 is 27.5 Å². The van der Waals surface area contributed by atoms with Crippen molar-refractivity contribution in [2.24, 2.45) is 0 Å². The van der Waals surface area contributed by atoms with Crippen LogP contribution in [0.4, 0.5) is 5.69 Å². The second-order valence-corrected chi connectivity index (χ2v) is 6.54. The van der Waals surface area contributed by atoms with Crippen molar-refractivity contribution in [2.45, 2.75) is 19.8 Å². The molecule has 0 aliphatic rings. The number of carbonyl (C=O) groups is 1. The lowest BCUT2D eigenvalue weighted by molar-refractivity contribution is -0.116. The van der Waals surface area contributed by atoms with Gasteiger partial charge in [0.2, 0.25) is 5.91 Å². The summed E-state index contributed by atoms with van der Waals surface area (Å²) in [4.78, 5) is 12.0. The number of carbonyl (C=O) groups excluding carboxylic acids is 1. The molecule has 6 heteroatoms. The van der Waals surface area contributed by atoms with Crippen LogP contribution in [0.2, 0.25) is 5.02 Å². The number of amides is 1. The molecule has 0 radical (unpaired) electrons. The van der Waals surface area contributed by atoms with Crippen molar-refractivity contribution < 1.29 is 14.3 Å². The van der Waals surface area contributed by atoms with Gasteiger partial charge in [0.25, 0.3) is 0 Å². The minimum Gasteiger partial charge on any atom is -0.495 e. The van der Waals surface area contributed by atoms with Crippen molar-refractivity contribution in [3.05, 3.63) is 51.5 Å². The number of nitrogens with one attached hydrogen (secondary N) is 1. The van der Waals surface area contributed by atoms with E-state index in [0.29, 0.717) is 35.9 Å². The number of hydrogen-bond acceptors (Lipinski definition) is 3. The van der Waals surface area contributed by atoms with E-state index in [9.17, 15) is 4.79 Å². The molecule has 0 fully saturated rings. The van der Waals surface area contributed by atoms with E-state index in [4.69, 9.17) is 21.1 Å². The Morgan fingerprint density at radius 3 is 2.62 bits per heavy atom. The highest BCUT2D eigenvalue weighted by atomic mass is 79.9. The first-order valence-electron chi connectivity index (χ1n) is 7.52. The molecule has 2 aromatic rings. The Bertz CT molecular complexity index is 721. The Hall–Kier alpha value is -1.72. The van der Waals surface area contributed by atoms with Gasteiger partial charge in [-0.2, -0.15) is 0 Å². The van der Waals surface area contributed by atoms with E-state index in [0.717, 1.165) is 15.8 Å². The molecule has 0 atom stereocenters. The van der Waals surface area contributed by atoms with E-state index in [-0.39, 0.29) is 5.91 Å². The number of rotatable bonds is 7. The van der Waals surface area contributed by atoms with Crippen LogP contribution in [0.5, 0.6) is 11.5 Å². The largest absolute Gasteiger partial charge is 0.495 e. The fourth-order valence-corrected chi connectivity index (χ4v) is 2.97. The molecule has 0 unspecified atom stereocenters. The second kappa shape index (κ2) is 8.94. The molecule has 4 nitrogen and oxygen atoms in total. The van der Waals surface area contributed by atoms with Gasteiger partial charge in [0.15, 0.2) is 0 Å². The van der Waals surface area contributed by atoms with E-state index in [1.807, 2.05) is 25.1 Å². The minimum absolute atomic E-state index is 0.0807. The van der Waals surface area contributed by atoms with Gasteiger partial charge in [0, 0.05) is 12.1 Å². The predicted octanol–water partition coefficient (Wildman–Crippen LogP) is 5.22. The summed E-state index contributed by atoms with van der Waals surface area (Å²) >= 11 is 9.50. The number of methoxy groups -OCH3 is 1. The van der Waals surface area contributed by atoms with Gasteiger partial charge in [-0.1, -0.05) is 17.7 Å². The summed E-state index contributed by atoms with van der Waals surface area (Å²) in [7, 11) is 1.55. The predicted molar refractivity (Wildman–Crippen MR) is 100 cm³/mol. The van der Waals surface area contributed by atoms with Gasteiger partial charge in [-0.25, -0.2) is 0 Å². The maximum absolute atomic E-state index is 12.0. The maximum atomic E-state index is 12.0. The Morgan fingerprint density at radius 2 is 1.96 bits per heavy atom. The Kier molecular flexibility index (Phi) is 6.94. The molecular formula is C18H19BrClNO3. The molecule has 0 spiro atoms. The molecule has 2 aromatic carbocycles. The molecule has 0 bridgehead atoms. The van der Waals surface area contributed by atoms with Crippen molar-refractivity contribution in [3.8, 4) is 11.5 Å². The zero-order valence-corrected chi connectivity index (χ0v) is 15.9. The van der Waals surface area contributed by atoms with Crippen LogP contribution in [0, 0.1) is 6.92 Å². The summed E-state index contributed by atoms with van der Waals surface area (Å²) in [6, 6.07) is 11.0. The summed E-state index contributed by atoms with van der Waals surface area (Å²) in [5.74, 6) is 1.28. The Balaban J connectivity index is 1.76. The Labute approximate surface area is 155 Å². The number of aryl methyl sites for hydroxylation is 1. The number of halogens is 2. The molecule has 0 aliphatic heterocycles. The zero-order valence-electron chi connectivity index (χ0n) is 13.6. The molecule has 0 aromatic heterocycles. The van der Waals surface area contributed by atoms with Crippen LogP contribution in [-0.2, 0) is 4.79 Å². The zero-order chi connectivity index (χ0) is 17.5. The van der Waals surface area contributed by atoms with Crippen LogP contribution in [0.1, 0.15) is 18.4 Å². The van der Waals surface area contributed by atoms with Crippen LogP contribution in [0.15, 0.2) is 40.9 Å². The first kappa shape index (κ1) is 18.6. The van der Waals surface area contributed by atoms with Gasteiger partial charge >= 0.3 is 0 Å². The molecule has 0 saturated carbocycles. The smallest absolute Gasteiger partial charge is 0.224 e. The molecule has 2 rings (SSSR count). The number of hydrogen-bond donors (Lipinski definition) is 1. The van der Waals surface area contributed by atoms with E-state index >= 15 is 0 Å². The maximum Gasteiger partial charge on any atom is 0.224 e. The monoisotopic (exact) mass is 411 g/mol. The summed E-state index contributed by atoms with van der Waals surface area (Å²) in [5.41, 5.74) is 1.81. The number of anilines is 1. The summed E-state index contributed by atoms with van der Waals surface area (Å²) in [5, 5.41) is 3.27. The minimum atomic E-state index is -0.0807. The topological polar surface area (TPSA) is 47.6 Å². The van der Waals surface area contributed by atoms with Gasteiger partial charge < -0.3 is 14.8 Å². The lowest BCUT2D eigenvalue weighted by Crippen LogP contribution is -2.12. The normalized spacial score (nSPS) is 10.3. The quantitative estimate of drug-likeness (QED) is 0.634. The lowest BCUT2D eigenvalue weighted by Gasteiger charge is -2.10. The molecule has 1 amide bonds. The van der Waals surface area contributed by atoms with Crippen molar-refractivity contribution in [2.75, 3.05) is 19.0 Å². The SMILES string of the molecule is COc1ccc(NC(=O)CCCOc2ccc(C)cc2Br)cc1Cl. The first-order chi connectivity index (χ1) is 11.5. The average molecular weight is 413 g/mol. The standard InChI is InChI=1S/C18H19BrClNO3/c1-12-5-7-16(14(19)10-12)24-9-3-4-18(22)21-13-6-8-17(23-2)15(20)11-13/h5-8,10-11H,3-4,9H2,1-2H3,(H,21,22). The Morgan fingerprint density at radius 1 is 1.21 bits per heavy atom. The number of benzene rings is 2. The summed E-state index contributed by atoms with van der Waals surface area (Å²) in [6.07, 6.45) is 0.989. The van der Waals surface area contributed by atoms with Crippen LogP contribution < -0.4 is 14.8 Å². The van der Waals surface area contributed by atoms with Gasteiger partial charge in [-0.05, 0) is 65.2 Å². The van der Waals surface area contributed by atoms with E-state index in [1.165, 1.54) is 0 Å². The van der Waals surface area contributed by atoms with Gasteiger partial charge in [-0.15, -0.1) is 0 Å². The second-order valence-electron chi connectivity index (χ2n) is 5.28. The van der Waals surface area contributed by atoms with E-state index in [1.54, 1.807) is 25.3 Å². The molecular weight excluding hydrogens is 394 g/mol. The van der Waals surface area contributed by atoms with Crippen LogP contribution in [-0.4, -0.2) is 19.6 Å². The first-order valence-corrected chi connectivity index (χ1v) is 8.69. The van der Waals surface area contributed by atoms with Gasteiger partial charge in [0.1, 0.15) is 11.5 Å². The third-order valence-electron chi connectivity index (χ3n) is 3.33. The van der Waals surface area contributed by atoms with Gasteiger partial charge in [-0.3, -0.25) is 4.79 Å². The van der Waals surface area contributed by atoms with Gasteiger partial charge in [0.05, 0.1) is 23.2 Å². The third-order valence-corrected chi connectivity index (χ3v) is 4.24. The summed E-state index contributed by atoms with van der Waals surface area (Å²) < 4.78 is 11.7. The van der Waals surface area contributed by atoms with Crippen LogP contribution in [0.25, 0.3) is 0 Å². The lowest BCUT2D eigenvalue weighted by atomic mass is 10.2. The third kappa shape index (κ3) is 5.42. The van der Waals surface area contributed by atoms with Crippen molar-refractivity contribution in [1.82, 2.24) is 0 Å². The fraction of sp³-hybridized carbons (Fsp3) is 0.278. The van der Waals surface area contributed by atoms with Crippen LogP contribution in [0.3, 0.4) is 0 Å². The van der Waals surface area contributed by atoms with Crippen molar-refractivity contribution in [1.29, 1.82) is 0 Å².